The molecule has 5 nitrogen and oxygen atoms in total. The summed E-state index contributed by atoms with van der Waals surface area (Å²) >= 11 is 7.34. The van der Waals surface area contributed by atoms with Crippen molar-refractivity contribution in [2.45, 2.75) is 31.0 Å². The summed E-state index contributed by atoms with van der Waals surface area (Å²) in [5.41, 5.74) is 0.870. The molecule has 2 aromatic heterocycles. The second kappa shape index (κ2) is 5.58. The predicted octanol–water partition coefficient (Wildman–Crippen LogP) is 3.32. The van der Waals surface area contributed by atoms with Crippen LogP contribution in [0.3, 0.4) is 0 Å². The van der Waals surface area contributed by atoms with Crippen molar-refractivity contribution in [2.75, 3.05) is 11.9 Å². The minimum absolute atomic E-state index is 0.482. The maximum Gasteiger partial charge on any atom is 0.262 e. The second-order valence-electron chi connectivity index (χ2n) is 3.60. The van der Waals surface area contributed by atoms with Crippen LogP contribution in [0.2, 0.25) is 5.02 Å². The van der Waals surface area contributed by atoms with E-state index in [2.05, 4.69) is 20.3 Å². The highest BCUT2D eigenvalue weighted by atomic mass is 35.5. The summed E-state index contributed by atoms with van der Waals surface area (Å²) in [6, 6.07) is 0. The van der Waals surface area contributed by atoms with Crippen LogP contribution in [-0.2, 0) is 0 Å². The first kappa shape index (κ1) is 13.2. The van der Waals surface area contributed by atoms with Crippen LogP contribution in [0.5, 0.6) is 0 Å². The van der Waals surface area contributed by atoms with E-state index in [1.165, 1.54) is 11.8 Å². The molecule has 0 saturated heterocycles. The van der Waals surface area contributed by atoms with Gasteiger partial charge in [0.15, 0.2) is 0 Å². The van der Waals surface area contributed by atoms with E-state index in [9.17, 15) is 0 Å². The molecule has 0 atom stereocenters. The standard InChI is InChI=1S/C11H13ClN4OS/c1-4-13-10-14-5-8(12)9(16-10)18-11-15-6(2)7(3)17-11/h5H,4H2,1-3H3,(H,13,14,16). The summed E-state index contributed by atoms with van der Waals surface area (Å²) in [6.45, 7) is 6.50. The lowest BCUT2D eigenvalue weighted by Crippen LogP contribution is -2.02. The Balaban J connectivity index is 2.24. The van der Waals surface area contributed by atoms with Crippen LogP contribution < -0.4 is 5.32 Å². The Labute approximate surface area is 114 Å². The Morgan fingerprint density at radius 2 is 2.17 bits per heavy atom. The fraction of sp³-hybridized carbons (Fsp3) is 0.364. The molecule has 0 radical (unpaired) electrons. The van der Waals surface area contributed by atoms with Gasteiger partial charge in [-0.2, -0.15) is 0 Å². The fourth-order valence-corrected chi connectivity index (χ4v) is 2.24. The molecule has 0 aromatic carbocycles. The van der Waals surface area contributed by atoms with Crippen LogP contribution in [0.25, 0.3) is 0 Å². The van der Waals surface area contributed by atoms with Crippen molar-refractivity contribution in [1.82, 2.24) is 15.0 Å². The van der Waals surface area contributed by atoms with Crippen molar-refractivity contribution in [3.63, 3.8) is 0 Å². The lowest BCUT2D eigenvalue weighted by Gasteiger charge is -2.04. The van der Waals surface area contributed by atoms with Gasteiger partial charge in [-0.25, -0.2) is 15.0 Å². The normalized spacial score (nSPS) is 10.7. The van der Waals surface area contributed by atoms with Crippen molar-refractivity contribution in [2.24, 2.45) is 0 Å². The molecule has 7 heteroatoms. The number of nitrogens with one attached hydrogen (secondary N) is 1. The van der Waals surface area contributed by atoms with Gasteiger partial charge in [0, 0.05) is 6.54 Å². The summed E-state index contributed by atoms with van der Waals surface area (Å²) in [4.78, 5) is 12.7. The van der Waals surface area contributed by atoms with Crippen molar-refractivity contribution < 1.29 is 4.42 Å². The zero-order valence-electron chi connectivity index (χ0n) is 10.3. The van der Waals surface area contributed by atoms with Crippen LogP contribution in [-0.4, -0.2) is 21.5 Å². The summed E-state index contributed by atoms with van der Waals surface area (Å²) in [5.74, 6) is 1.35. The first-order chi connectivity index (χ1) is 8.60. The molecule has 18 heavy (non-hydrogen) atoms. The van der Waals surface area contributed by atoms with E-state index < -0.39 is 0 Å². The first-order valence-corrected chi connectivity index (χ1v) is 6.68. The van der Waals surface area contributed by atoms with Crippen LogP contribution in [0.15, 0.2) is 20.9 Å². The van der Waals surface area contributed by atoms with Gasteiger partial charge < -0.3 is 9.73 Å². The quantitative estimate of drug-likeness (QED) is 0.869. The van der Waals surface area contributed by atoms with Gasteiger partial charge in [0.05, 0.1) is 16.9 Å². The van der Waals surface area contributed by atoms with E-state index in [1.807, 2.05) is 20.8 Å². The Kier molecular flexibility index (Phi) is 4.08. The number of anilines is 1. The van der Waals surface area contributed by atoms with Gasteiger partial charge in [-0.1, -0.05) is 11.6 Å². The number of nitrogens with zero attached hydrogens (tertiary/aromatic N) is 3. The highest BCUT2D eigenvalue weighted by molar-refractivity contribution is 7.99. The molecular formula is C11H13ClN4OS. The molecular weight excluding hydrogens is 272 g/mol. The molecule has 2 heterocycles. The molecule has 0 aliphatic heterocycles. The van der Waals surface area contributed by atoms with Gasteiger partial charge in [0.25, 0.3) is 5.22 Å². The lowest BCUT2D eigenvalue weighted by atomic mass is 10.4. The van der Waals surface area contributed by atoms with E-state index in [4.69, 9.17) is 16.0 Å². The molecule has 0 amide bonds. The van der Waals surface area contributed by atoms with Crippen LogP contribution >= 0.6 is 23.4 Å². The Bertz CT molecular complexity index is 538. The molecule has 0 aliphatic carbocycles. The third kappa shape index (κ3) is 2.94. The third-order valence-electron chi connectivity index (χ3n) is 2.24. The van der Waals surface area contributed by atoms with Crippen LogP contribution in [0.1, 0.15) is 18.4 Å². The minimum Gasteiger partial charge on any atom is -0.436 e. The highest BCUT2D eigenvalue weighted by Crippen LogP contribution is 2.32. The summed E-state index contributed by atoms with van der Waals surface area (Å²) in [5, 5.41) is 4.68. The molecule has 1 N–H and O–H groups in total. The highest BCUT2D eigenvalue weighted by Gasteiger charge is 2.12. The van der Waals surface area contributed by atoms with Gasteiger partial charge in [-0.15, -0.1) is 0 Å². The van der Waals surface area contributed by atoms with E-state index >= 15 is 0 Å². The molecule has 96 valence electrons. The summed E-state index contributed by atoms with van der Waals surface area (Å²) in [7, 11) is 0. The first-order valence-electron chi connectivity index (χ1n) is 5.48. The Morgan fingerprint density at radius 1 is 1.39 bits per heavy atom. The summed E-state index contributed by atoms with van der Waals surface area (Å²) < 4.78 is 5.49. The van der Waals surface area contributed by atoms with Gasteiger partial charge in [-0.3, -0.25) is 0 Å². The molecule has 0 saturated carbocycles. The molecule has 0 bridgehead atoms. The maximum absolute atomic E-state index is 6.05. The van der Waals surface area contributed by atoms with Gasteiger partial charge in [-0.05, 0) is 32.5 Å². The van der Waals surface area contributed by atoms with Gasteiger partial charge >= 0.3 is 0 Å². The topological polar surface area (TPSA) is 63.8 Å². The van der Waals surface area contributed by atoms with Gasteiger partial charge in [0.2, 0.25) is 5.95 Å². The number of rotatable bonds is 4. The zero-order valence-corrected chi connectivity index (χ0v) is 11.9. The second-order valence-corrected chi connectivity index (χ2v) is 4.95. The molecule has 2 aromatic rings. The number of oxazole rings is 1. The van der Waals surface area contributed by atoms with Crippen molar-refractivity contribution in [1.29, 1.82) is 0 Å². The van der Waals surface area contributed by atoms with Gasteiger partial charge in [0.1, 0.15) is 10.8 Å². The number of hydrogen-bond acceptors (Lipinski definition) is 6. The molecule has 2 rings (SSSR count). The van der Waals surface area contributed by atoms with Crippen molar-refractivity contribution in [3.8, 4) is 0 Å². The number of aryl methyl sites for hydroxylation is 2. The SMILES string of the molecule is CCNc1ncc(Cl)c(Sc2nc(C)c(C)o2)n1. The Morgan fingerprint density at radius 3 is 2.78 bits per heavy atom. The largest absolute Gasteiger partial charge is 0.436 e. The summed E-state index contributed by atoms with van der Waals surface area (Å²) in [6.07, 6.45) is 1.57. The third-order valence-corrected chi connectivity index (χ3v) is 3.48. The molecule has 0 spiro atoms. The maximum atomic E-state index is 6.05. The average Bonchev–Trinajstić information content (AvgIpc) is 2.63. The molecule has 0 unspecified atom stereocenters. The number of aromatic nitrogens is 3. The molecule has 0 aliphatic rings. The molecule has 0 fully saturated rings. The zero-order chi connectivity index (χ0) is 13.1. The average molecular weight is 285 g/mol. The number of hydrogen-bond donors (Lipinski definition) is 1. The predicted molar refractivity (Wildman–Crippen MR) is 71.3 cm³/mol. The van der Waals surface area contributed by atoms with E-state index in [-0.39, 0.29) is 0 Å². The van der Waals surface area contributed by atoms with Crippen molar-refractivity contribution in [3.05, 3.63) is 22.7 Å². The van der Waals surface area contributed by atoms with E-state index in [0.717, 1.165) is 18.0 Å². The number of halogens is 1. The smallest absolute Gasteiger partial charge is 0.262 e. The fourth-order valence-electron chi connectivity index (χ4n) is 1.24. The van der Waals surface area contributed by atoms with E-state index in [1.54, 1.807) is 6.20 Å². The van der Waals surface area contributed by atoms with Crippen LogP contribution in [0, 0.1) is 13.8 Å². The minimum atomic E-state index is 0.482. The van der Waals surface area contributed by atoms with Crippen LogP contribution in [0.4, 0.5) is 5.95 Å². The Hall–Kier alpha value is -1.27. The monoisotopic (exact) mass is 284 g/mol. The van der Waals surface area contributed by atoms with Crippen molar-refractivity contribution >= 4 is 29.3 Å². The van der Waals surface area contributed by atoms with E-state index in [0.29, 0.717) is 21.2 Å². The lowest BCUT2D eigenvalue weighted by molar-refractivity contribution is 0.431.